The molecule has 0 saturated carbocycles. The number of pyridine rings is 1. The van der Waals surface area contributed by atoms with Gasteiger partial charge in [0.15, 0.2) is 0 Å². The standard InChI is InChI=1S/C26H28N4O3/c1-17-9-10-19-15-20(16-27)25(28-24(19)18(17)2)29-11-6-12-30(14-13-29)26(31)23-21(32-3)7-5-8-22(23)33-4/h5,7-10,15H,6,11-14H2,1-4H3. The average Bonchev–Trinajstić information content (AvgIpc) is 3.11. The molecule has 33 heavy (non-hydrogen) atoms. The lowest BCUT2D eigenvalue weighted by molar-refractivity contribution is 0.0760. The molecule has 1 amide bonds. The Morgan fingerprint density at radius 1 is 1.03 bits per heavy atom. The van der Waals surface area contributed by atoms with Crippen molar-refractivity contribution in [2.24, 2.45) is 0 Å². The highest BCUT2D eigenvalue weighted by Crippen LogP contribution is 2.31. The molecule has 3 aromatic rings. The predicted molar refractivity (Wildman–Crippen MR) is 128 cm³/mol. The van der Waals surface area contributed by atoms with Gasteiger partial charge < -0.3 is 19.3 Å². The van der Waals surface area contributed by atoms with Gasteiger partial charge in [0.25, 0.3) is 5.91 Å². The normalized spacial score (nSPS) is 14.0. The predicted octanol–water partition coefficient (Wildman–Crippen LogP) is 4.09. The zero-order chi connectivity index (χ0) is 23.5. The van der Waals surface area contributed by atoms with Crippen molar-refractivity contribution in [1.82, 2.24) is 9.88 Å². The minimum Gasteiger partial charge on any atom is -0.496 e. The zero-order valence-corrected chi connectivity index (χ0v) is 19.5. The number of nitriles is 1. The SMILES string of the molecule is COc1cccc(OC)c1C(=O)N1CCCN(c2nc3c(C)c(C)ccc3cc2C#N)CC1. The van der Waals surface area contributed by atoms with Gasteiger partial charge in [0.2, 0.25) is 0 Å². The fraction of sp³-hybridized carbons (Fsp3) is 0.346. The fourth-order valence-electron chi connectivity index (χ4n) is 4.35. The Morgan fingerprint density at radius 2 is 1.76 bits per heavy atom. The molecule has 7 nitrogen and oxygen atoms in total. The summed E-state index contributed by atoms with van der Waals surface area (Å²) in [5, 5.41) is 10.8. The lowest BCUT2D eigenvalue weighted by atomic mass is 10.0. The number of ether oxygens (including phenoxy) is 2. The summed E-state index contributed by atoms with van der Waals surface area (Å²) >= 11 is 0. The number of nitrogens with zero attached hydrogens (tertiary/aromatic N) is 4. The van der Waals surface area contributed by atoms with Gasteiger partial charge in [-0.2, -0.15) is 5.26 Å². The molecule has 1 saturated heterocycles. The molecule has 0 unspecified atom stereocenters. The van der Waals surface area contributed by atoms with E-state index in [0.717, 1.165) is 22.9 Å². The third-order valence-electron chi connectivity index (χ3n) is 6.34. The number of hydrogen-bond donors (Lipinski definition) is 0. The van der Waals surface area contributed by atoms with E-state index >= 15 is 0 Å². The number of methoxy groups -OCH3 is 2. The number of rotatable bonds is 4. The van der Waals surface area contributed by atoms with E-state index < -0.39 is 0 Å². The van der Waals surface area contributed by atoms with Crippen LogP contribution in [0.5, 0.6) is 11.5 Å². The monoisotopic (exact) mass is 444 g/mol. The van der Waals surface area contributed by atoms with Crippen molar-refractivity contribution in [1.29, 1.82) is 5.26 Å². The second-order valence-electron chi connectivity index (χ2n) is 8.22. The van der Waals surface area contributed by atoms with E-state index in [0.29, 0.717) is 54.6 Å². The lowest BCUT2D eigenvalue weighted by Crippen LogP contribution is -2.36. The van der Waals surface area contributed by atoms with E-state index in [4.69, 9.17) is 14.5 Å². The Morgan fingerprint density at radius 3 is 2.42 bits per heavy atom. The maximum Gasteiger partial charge on any atom is 0.261 e. The van der Waals surface area contributed by atoms with Gasteiger partial charge in [-0.05, 0) is 49.6 Å². The Hall–Kier alpha value is -3.79. The van der Waals surface area contributed by atoms with Crippen LogP contribution in [0.2, 0.25) is 0 Å². The van der Waals surface area contributed by atoms with Crippen molar-refractivity contribution in [3.63, 3.8) is 0 Å². The molecule has 2 heterocycles. The molecule has 0 spiro atoms. The Labute approximate surface area is 194 Å². The molecule has 0 bridgehead atoms. The molecule has 0 N–H and O–H groups in total. The smallest absolute Gasteiger partial charge is 0.261 e. The van der Waals surface area contributed by atoms with Gasteiger partial charge in [-0.15, -0.1) is 0 Å². The van der Waals surface area contributed by atoms with Crippen LogP contribution in [0.4, 0.5) is 5.82 Å². The summed E-state index contributed by atoms with van der Waals surface area (Å²) in [7, 11) is 3.10. The zero-order valence-electron chi connectivity index (χ0n) is 19.5. The topological polar surface area (TPSA) is 78.7 Å². The molecule has 0 radical (unpaired) electrons. The van der Waals surface area contributed by atoms with Crippen molar-refractivity contribution < 1.29 is 14.3 Å². The molecule has 7 heteroatoms. The molecule has 4 rings (SSSR count). The summed E-state index contributed by atoms with van der Waals surface area (Å²) in [5.74, 6) is 1.55. The van der Waals surface area contributed by atoms with Gasteiger partial charge in [-0.25, -0.2) is 4.98 Å². The molecule has 0 atom stereocenters. The number of amides is 1. The summed E-state index contributed by atoms with van der Waals surface area (Å²) in [4.78, 5) is 22.3. The first kappa shape index (κ1) is 22.4. The number of anilines is 1. The van der Waals surface area contributed by atoms with Crippen LogP contribution in [0.3, 0.4) is 0 Å². The minimum atomic E-state index is -0.121. The van der Waals surface area contributed by atoms with Crippen LogP contribution in [0.25, 0.3) is 10.9 Å². The molecule has 1 aliphatic rings. The summed E-state index contributed by atoms with van der Waals surface area (Å²) in [6, 6.07) is 13.6. The number of carbonyl (C=O) groups excluding carboxylic acids is 1. The van der Waals surface area contributed by atoms with Crippen LogP contribution < -0.4 is 14.4 Å². The second-order valence-corrected chi connectivity index (χ2v) is 8.22. The van der Waals surface area contributed by atoms with E-state index in [9.17, 15) is 10.1 Å². The van der Waals surface area contributed by atoms with Crippen LogP contribution in [0.1, 0.15) is 33.5 Å². The maximum absolute atomic E-state index is 13.4. The van der Waals surface area contributed by atoms with Gasteiger partial charge in [-0.1, -0.05) is 18.2 Å². The first-order valence-electron chi connectivity index (χ1n) is 11.0. The summed E-state index contributed by atoms with van der Waals surface area (Å²) < 4.78 is 10.9. The molecule has 170 valence electrons. The van der Waals surface area contributed by atoms with E-state index in [-0.39, 0.29) is 5.91 Å². The van der Waals surface area contributed by atoms with Crippen molar-refractivity contribution in [2.75, 3.05) is 45.3 Å². The number of aryl methyl sites for hydroxylation is 2. The second kappa shape index (κ2) is 9.37. The highest BCUT2D eigenvalue weighted by molar-refractivity contribution is 5.99. The fourth-order valence-corrected chi connectivity index (χ4v) is 4.35. The third-order valence-corrected chi connectivity index (χ3v) is 6.34. The molecular formula is C26H28N4O3. The Bertz CT molecular complexity index is 1230. The van der Waals surface area contributed by atoms with E-state index in [1.165, 1.54) is 5.56 Å². The molecule has 1 aliphatic heterocycles. The molecule has 1 fully saturated rings. The first-order valence-corrected chi connectivity index (χ1v) is 11.0. The third kappa shape index (κ3) is 4.17. The maximum atomic E-state index is 13.4. The van der Waals surface area contributed by atoms with Crippen LogP contribution in [0, 0.1) is 25.2 Å². The minimum absolute atomic E-state index is 0.121. The Balaban J connectivity index is 1.63. The Kier molecular flexibility index (Phi) is 6.36. The van der Waals surface area contributed by atoms with Crippen LogP contribution in [0.15, 0.2) is 36.4 Å². The highest BCUT2D eigenvalue weighted by Gasteiger charge is 2.27. The van der Waals surface area contributed by atoms with Gasteiger partial charge in [0.05, 0.1) is 25.3 Å². The van der Waals surface area contributed by atoms with E-state index in [2.05, 4.69) is 30.9 Å². The van der Waals surface area contributed by atoms with Crippen molar-refractivity contribution in [3.05, 3.63) is 58.7 Å². The van der Waals surface area contributed by atoms with Crippen LogP contribution in [-0.2, 0) is 0 Å². The van der Waals surface area contributed by atoms with Crippen LogP contribution in [-0.4, -0.2) is 56.2 Å². The lowest BCUT2D eigenvalue weighted by Gasteiger charge is -2.25. The molecule has 2 aromatic carbocycles. The number of carbonyl (C=O) groups is 1. The number of benzene rings is 2. The highest BCUT2D eigenvalue weighted by atomic mass is 16.5. The quantitative estimate of drug-likeness (QED) is 0.603. The largest absolute Gasteiger partial charge is 0.496 e. The summed E-state index contributed by atoms with van der Waals surface area (Å²) in [6.07, 6.45) is 0.764. The number of hydrogen-bond acceptors (Lipinski definition) is 6. The summed E-state index contributed by atoms with van der Waals surface area (Å²) in [6.45, 7) is 6.54. The van der Waals surface area contributed by atoms with Crippen molar-refractivity contribution in [2.45, 2.75) is 20.3 Å². The number of aromatic nitrogens is 1. The van der Waals surface area contributed by atoms with E-state index in [1.807, 2.05) is 17.0 Å². The number of fused-ring (bicyclic) bond motifs is 1. The van der Waals surface area contributed by atoms with Crippen molar-refractivity contribution >= 4 is 22.6 Å². The molecule has 1 aromatic heterocycles. The first-order chi connectivity index (χ1) is 16.0. The van der Waals surface area contributed by atoms with E-state index in [1.54, 1.807) is 32.4 Å². The summed E-state index contributed by atoms with van der Waals surface area (Å²) in [5.41, 5.74) is 4.19. The van der Waals surface area contributed by atoms with Gasteiger partial charge in [0, 0.05) is 31.6 Å². The van der Waals surface area contributed by atoms with Gasteiger partial charge >= 0.3 is 0 Å². The van der Waals surface area contributed by atoms with Crippen LogP contribution >= 0.6 is 0 Å². The molecule has 0 aliphatic carbocycles. The van der Waals surface area contributed by atoms with Gasteiger partial charge in [0.1, 0.15) is 28.9 Å². The van der Waals surface area contributed by atoms with Gasteiger partial charge in [-0.3, -0.25) is 4.79 Å². The average molecular weight is 445 g/mol. The van der Waals surface area contributed by atoms with Crippen molar-refractivity contribution in [3.8, 4) is 17.6 Å². The molecular weight excluding hydrogens is 416 g/mol.